The van der Waals surface area contributed by atoms with E-state index in [1.165, 1.54) is 0 Å². The summed E-state index contributed by atoms with van der Waals surface area (Å²) in [6.45, 7) is 3.04. The molecule has 22 heavy (non-hydrogen) atoms. The summed E-state index contributed by atoms with van der Waals surface area (Å²) >= 11 is 0. The number of amides is 1. The van der Waals surface area contributed by atoms with Crippen molar-refractivity contribution in [2.45, 2.75) is 25.8 Å². The first-order chi connectivity index (χ1) is 10.6. The normalized spacial score (nSPS) is 12.4. The molecule has 7 nitrogen and oxygen atoms in total. The Kier molecular flexibility index (Phi) is 5.60. The summed E-state index contributed by atoms with van der Waals surface area (Å²) in [5, 5.41) is 10.4. The van der Waals surface area contributed by atoms with Crippen LogP contribution in [0.4, 0.5) is 0 Å². The monoisotopic (exact) mass is 302 g/mol. The van der Waals surface area contributed by atoms with E-state index in [9.17, 15) is 4.79 Å². The van der Waals surface area contributed by atoms with E-state index in [1.807, 2.05) is 21.0 Å². The first-order valence-corrected chi connectivity index (χ1v) is 7.33. The molecule has 118 valence electrons. The molecule has 2 heterocycles. The van der Waals surface area contributed by atoms with Crippen molar-refractivity contribution in [2.75, 3.05) is 20.6 Å². The molecule has 1 amide bonds. The molecule has 0 aliphatic carbocycles. The zero-order chi connectivity index (χ0) is 15.9. The highest BCUT2D eigenvalue weighted by Gasteiger charge is 2.10. The topological polar surface area (TPSA) is 75.9 Å². The van der Waals surface area contributed by atoms with Crippen molar-refractivity contribution in [1.29, 1.82) is 0 Å². The minimum Gasteiger partial charge on any atom is -0.350 e. The lowest BCUT2D eigenvalue weighted by Gasteiger charge is -2.15. The van der Waals surface area contributed by atoms with Gasteiger partial charge in [-0.25, -0.2) is 4.98 Å². The van der Waals surface area contributed by atoms with Gasteiger partial charge in [0.15, 0.2) is 0 Å². The molecule has 1 unspecified atom stereocenters. The van der Waals surface area contributed by atoms with Crippen LogP contribution in [0, 0.1) is 0 Å². The van der Waals surface area contributed by atoms with Gasteiger partial charge in [-0.2, -0.15) is 0 Å². The van der Waals surface area contributed by atoms with Gasteiger partial charge in [-0.05, 0) is 52.5 Å². The van der Waals surface area contributed by atoms with Gasteiger partial charge in [0.2, 0.25) is 0 Å². The molecule has 1 N–H and O–H groups in total. The van der Waals surface area contributed by atoms with E-state index < -0.39 is 0 Å². The van der Waals surface area contributed by atoms with Crippen LogP contribution in [0.15, 0.2) is 31.0 Å². The van der Waals surface area contributed by atoms with Crippen LogP contribution in [0.2, 0.25) is 0 Å². The second-order valence-electron chi connectivity index (χ2n) is 5.59. The van der Waals surface area contributed by atoms with Crippen LogP contribution >= 0.6 is 0 Å². The smallest absolute Gasteiger partial charge is 0.253 e. The van der Waals surface area contributed by atoms with Gasteiger partial charge in [-0.3, -0.25) is 9.36 Å². The maximum absolute atomic E-state index is 12.2. The van der Waals surface area contributed by atoms with E-state index in [0.29, 0.717) is 11.4 Å². The maximum atomic E-state index is 12.2. The minimum atomic E-state index is -0.0971. The van der Waals surface area contributed by atoms with Crippen LogP contribution in [-0.2, 0) is 0 Å². The molecule has 0 radical (unpaired) electrons. The lowest BCUT2D eigenvalue weighted by Crippen LogP contribution is -2.33. The van der Waals surface area contributed by atoms with Crippen LogP contribution in [-0.4, -0.2) is 57.2 Å². The number of carbonyl (C=O) groups is 1. The van der Waals surface area contributed by atoms with Crippen molar-refractivity contribution >= 4 is 5.91 Å². The van der Waals surface area contributed by atoms with Crippen molar-refractivity contribution in [2.24, 2.45) is 0 Å². The molecule has 0 aliphatic heterocycles. The Labute approximate surface area is 130 Å². The molecule has 0 bridgehead atoms. The molecule has 2 aromatic heterocycles. The van der Waals surface area contributed by atoms with Gasteiger partial charge >= 0.3 is 0 Å². The summed E-state index contributed by atoms with van der Waals surface area (Å²) in [5.41, 5.74) is 0.552. The van der Waals surface area contributed by atoms with E-state index in [-0.39, 0.29) is 11.9 Å². The largest absolute Gasteiger partial charge is 0.350 e. The number of pyridine rings is 1. The average molecular weight is 302 g/mol. The zero-order valence-corrected chi connectivity index (χ0v) is 13.2. The van der Waals surface area contributed by atoms with Crippen molar-refractivity contribution in [3.8, 4) is 5.82 Å². The number of hydrogen-bond donors (Lipinski definition) is 1. The number of carbonyl (C=O) groups excluding carboxylic acids is 1. The molecule has 0 saturated carbocycles. The highest BCUT2D eigenvalue weighted by molar-refractivity contribution is 5.94. The Balaban J connectivity index is 1.87. The summed E-state index contributed by atoms with van der Waals surface area (Å²) in [5.74, 6) is 0.584. The van der Waals surface area contributed by atoms with Gasteiger partial charge in [-0.1, -0.05) is 0 Å². The van der Waals surface area contributed by atoms with Gasteiger partial charge in [0, 0.05) is 12.2 Å². The van der Waals surface area contributed by atoms with Crippen LogP contribution in [0.3, 0.4) is 0 Å². The van der Waals surface area contributed by atoms with Crippen LogP contribution < -0.4 is 5.32 Å². The van der Waals surface area contributed by atoms with E-state index in [1.54, 1.807) is 35.6 Å². The summed E-state index contributed by atoms with van der Waals surface area (Å²) in [7, 11) is 4.10. The first-order valence-electron chi connectivity index (χ1n) is 7.33. The number of rotatable bonds is 7. The van der Waals surface area contributed by atoms with Gasteiger partial charge < -0.3 is 10.2 Å². The summed E-state index contributed by atoms with van der Waals surface area (Å²) in [4.78, 5) is 18.5. The third-order valence-corrected chi connectivity index (χ3v) is 3.31. The van der Waals surface area contributed by atoms with Crippen molar-refractivity contribution in [1.82, 2.24) is 30.0 Å². The fourth-order valence-electron chi connectivity index (χ4n) is 2.09. The molecule has 0 aliphatic rings. The zero-order valence-electron chi connectivity index (χ0n) is 13.2. The quantitative estimate of drug-likeness (QED) is 0.829. The number of nitrogens with zero attached hydrogens (tertiary/aromatic N) is 5. The predicted molar refractivity (Wildman–Crippen MR) is 83.9 cm³/mol. The molecule has 2 aromatic rings. The highest BCUT2D eigenvalue weighted by Crippen LogP contribution is 2.06. The van der Waals surface area contributed by atoms with E-state index >= 15 is 0 Å². The number of aromatic nitrogens is 4. The molecular formula is C15H22N6O. The molecule has 7 heteroatoms. The molecule has 0 saturated heterocycles. The Morgan fingerprint density at radius 3 is 2.64 bits per heavy atom. The van der Waals surface area contributed by atoms with Crippen molar-refractivity contribution in [3.05, 3.63) is 36.5 Å². The van der Waals surface area contributed by atoms with E-state index in [4.69, 9.17) is 0 Å². The molecule has 1 atom stereocenters. The second kappa shape index (κ2) is 7.65. The summed E-state index contributed by atoms with van der Waals surface area (Å²) in [6, 6.07) is 3.67. The standard InChI is InChI=1S/C15H22N6O/c1-12(5-4-8-20(2)3)19-15(22)13-6-7-14(16-9-13)21-10-17-18-11-21/h6-7,9-12H,4-5,8H2,1-3H3,(H,19,22). The Bertz CT molecular complexity index is 579. The minimum absolute atomic E-state index is 0.0971. The van der Waals surface area contributed by atoms with Crippen molar-refractivity contribution < 1.29 is 4.79 Å². The van der Waals surface area contributed by atoms with Gasteiger partial charge in [0.25, 0.3) is 5.91 Å². The van der Waals surface area contributed by atoms with Crippen molar-refractivity contribution in [3.63, 3.8) is 0 Å². The second-order valence-corrected chi connectivity index (χ2v) is 5.59. The number of nitrogens with one attached hydrogen (secondary N) is 1. The first kappa shape index (κ1) is 16.1. The molecular weight excluding hydrogens is 280 g/mol. The molecule has 0 fully saturated rings. The van der Waals surface area contributed by atoms with Gasteiger partial charge in [-0.15, -0.1) is 10.2 Å². The lowest BCUT2D eigenvalue weighted by molar-refractivity contribution is 0.0937. The molecule has 0 aromatic carbocycles. The fraction of sp³-hybridized carbons (Fsp3) is 0.467. The summed E-state index contributed by atoms with van der Waals surface area (Å²) in [6.07, 6.45) is 6.70. The average Bonchev–Trinajstić information content (AvgIpc) is 3.01. The third kappa shape index (κ3) is 4.63. The van der Waals surface area contributed by atoms with E-state index in [0.717, 1.165) is 19.4 Å². The van der Waals surface area contributed by atoms with Gasteiger partial charge in [0.05, 0.1) is 5.56 Å². The Morgan fingerprint density at radius 1 is 1.32 bits per heavy atom. The van der Waals surface area contributed by atoms with Crippen LogP contribution in [0.1, 0.15) is 30.1 Å². The molecule has 0 spiro atoms. The van der Waals surface area contributed by atoms with Gasteiger partial charge in [0.1, 0.15) is 18.5 Å². The maximum Gasteiger partial charge on any atom is 0.253 e. The molecule has 2 rings (SSSR count). The van der Waals surface area contributed by atoms with Crippen LogP contribution in [0.5, 0.6) is 0 Å². The highest BCUT2D eigenvalue weighted by atomic mass is 16.1. The van der Waals surface area contributed by atoms with E-state index in [2.05, 4.69) is 25.4 Å². The van der Waals surface area contributed by atoms with Crippen LogP contribution in [0.25, 0.3) is 5.82 Å². The number of hydrogen-bond acceptors (Lipinski definition) is 5. The third-order valence-electron chi connectivity index (χ3n) is 3.31. The Hall–Kier alpha value is -2.28. The predicted octanol–water partition coefficient (Wildman–Crippen LogP) is 1.12. The Morgan fingerprint density at radius 2 is 2.05 bits per heavy atom. The summed E-state index contributed by atoms with van der Waals surface area (Å²) < 4.78 is 1.69. The fourth-order valence-corrected chi connectivity index (χ4v) is 2.09. The SMILES string of the molecule is CC(CCCN(C)C)NC(=O)c1ccc(-n2cnnc2)nc1. The lowest BCUT2D eigenvalue weighted by atomic mass is 10.1.